The lowest BCUT2D eigenvalue weighted by molar-refractivity contribution is -0.137. The zero-order chi connectivity index (χ0) is 14.9. The number of carbonyl (C=O) groups excluding carboxylic acids is 1. The molecule has 0 bridgehead atoms. The molecule has 6 heteroatoms. The van der Waals surface area contributed by atoms with Gasteiger partial charge >= 0.3 is 6.18 Å². The van der Waals surface area contributed by atoms with Crippen molar-refractivity contribution < 1.29 is 18.0 Å². The van der Waals surface area contributed by atoms with Gasteiger partial charge in [0.1, 0.15) is 0 Å². The van der Waals surface area contributed by atoms with Gasteiger partial charge in [0.25, 0.3) is 0 Å². The number of ketones is 1. The molecule has 0 saturated carbocycles. The van der Waals surface area contributed by atoms with E-state index in [0.717, 1.165) is 24.3 Å². The third-order valence-corrected chi connectivity index (χ3v) is 3.28. The molecular formula is C14H8ClF3OS. The molecule has 0 aromatic heterocycles. The van der Waals surface area contributed by atoms with Crippen LogP contribution in [0.25, 0.3) is 0 Å². The van der Waals surface area contributed by atoms with E-state index in [4.69, 9.17) is 11.6 Å². The van der Waals surface area contributed by atoms with Gasteiger partial charge < -0.3 is 0 Å². The minimum atomic E-state index is -4.42. The van der Waals surface area contributed by atoms with Gasteiger partial charge in [0.15, 0.2) is 5.78 Å². The Morgan fingerprint density at radius 1 is 1.05 bits per heavy atom. The second-order valence-corrected chi connectivity index (χ2v) is 4.98. The van der Waals surface area contributed by atoms with Crippen molar-refractivity contribution in [3.63, 3.8) is 0 Å². The van der Waals surface area contributed by atoms with Crippen LogP contribution in [0.15, 0.2) is 47.4 Å². The first-order valence-electron chi connectivity index (χ1n) is 5.49. The lowest BCUT2D eigenvalue weighted by atomic mass is 10.0. The maximum absolute atomic E-state index is 12.4. The second-order valence-electron chi connectivity index (χ2n) is 4.07. The molecule has 0 radical (unpaired) electrons. The van der Waals surface area contributed by atoms with Crippen LogP contribution in [-0.2, 0) is 6.18 Å². The van der Waals surface area contributed by atoms with Crippen LogP contribution in [0.5, 0.6) is 0 Å². The van der Waals surface area contributed by atoms with Crippen LogP contribution in [0.3, 0.4) is 0 Å². The van der Waals surface area contributed by atoms with Crippen LogP contribution in [0, 0.1) is 0 Å². The second kappa shape index (κ2) is 5.50. The minimum Gasteiger partial charge on any atom is -0.289 e. The molecule has 0 atom stereocenters. The number of alkyl halides is 3. The van der Waals surface area contributed by atoms with Gasteiger partial charge in [-0.3, -0.25) is 4.79 Å². The first kappa shape index (κ1) is 14.9. The van der Waals surface area contributed by atoms with E-state index in [1.54, 1.807) is 0 Å². The summed E-state index contributed by atoms with van der Waals surface area (Å²) in [6, 6.07) is 8.56. The van der Waals surface area contributed by atoms with Crippen LogP contribution in [0.2, 0.25) is 5.02 Å². The quantitative estimate of drug-likeness (QED) is 0.617. The molecule has 2 rings (SSSR count). The summed E-state index contributed by atoms with van der Waals surface area (Å²) in [5.41, 5.74) is -0.343. The van der Waals surface area contributed by atoms with E-state index in [-0.39, 0.29) is 11.1 Å². The van der Waals surface area contributed by atoms with Crippen molar-refractivity contribution in [3.05, 3.63) is 64.2 Å². The molecule has 0 aliphatic rings. The van der Waals surface area contributed by atoms with E-state index < -0.39 is 17.5 Å². The predicted molar refractivity (Wildman–Crippen MR) is 73.6 cm³/mol. The average Bonchev–Trinajstić information content (AvgIpc) is 2.37. The largest absolute Gasteiger partial charge is 0.416 e. The summed E-state index contributed by atoms with van der Waals surface area (Å²) in [6.45, 7) is 0. The minimum absolute atomic E-state index is 0.163. The fourth-order valence-electron chi connectivity index (χ4n) is 1.66. The highest BCUT2D eigenvalue weighted by atomic mass is 35.5. The zero-order valence-corrected chi connectivity index (χ0v) is 11.6. The molecule has 0 saturated heterocycles. The molecular weight excluding hydrogens is 309 g/mol. The first-order chi connectivity index (χ1) is 9.29. The summed E-state index contributed by atoms with van der Waals surface area (Å²) in [4.78, 5) is 12.5. The third kappa shape index (κ3) is 3.16. The zero-order valence-electron chi connectivity index (χ0n) is 9.91. The summed E-state index contributed by atoms with van der Waals surface area (Å²) in [6.07, 6.45) is -4.42. The van der Waals surface area contributed by atoms with Crippen LogP contribution < -0.4 is 0 Å². The molecule has 0 fully saturated rings. The van der Waals surface area contributed by atoms with Gasteiger partial charge in [0.2, 0.25) is 0 Å². The van der Waals surface area contributed by atoms with Gasteiger partial charge in [-0.1, -0.05) is 23.7 Å². The van der Waals surface area contributed by atoms with Gasteiger partial charge in [-0.25, -0.2) is 0 Å². The number of hydrogen-bond donors (Lipinski definition) is 1. The standard InChI is InChI=1S/C14H8ClF3OS/c15-10-5-6-11(12(20)7-10)13(19)8-1-3-9(4-2-8)14(16,17)18/h1-7,20H. The van der Waals surface area contributed by atoms with Crippen molar-refractivity contribution in [3.8, 4) is 0 Å². The van der Waals surface area contributed by atoms with Crippen LogP contribution in [0.1, 0.15) is 21.5 Å². The van der Waals surface area contributed by atoms with Crippen LogP contribution in [-0.4, -0.2) is 5.78 Å². The lowest BCUT2D eigenvalue weighted by Gasteiger charge is -2.08. The molecule has 0 aliphatic carbocycles. The van der Waals surface area contributed by atoms with Crippen molar-refractivity contribution in [2.24, 2.45) is 0 Å². The van der Waals surface area contributed by atoms with E-state index in [1.165, 1.54) is 18.2 Å². The third-order valence-electron chi connectivity index (χ3n) is 2.68. The van der Waals surface area contributed by atoms with Gasteiger partial charge in [0, 0.05) is 21.0 Å². The number of halogens is 4. The van der Waals surface area contributed by atoms with Gasteiger partial charge in [-0.2, -0.15) is 13.2 Å². The topological polar surface area (TPSA) is 17.1 Å². The highest BCUT2D eigenvalue weighted by Crippen LogP contribution is 2.30. The van der Waals surface area contributed by atoms with Crippen LogP contribution in [0.4, 0.5) is 13.2 Å². The summed E-state index contributed by atoms with van der Waals surface area (Å²) in [5, 5.41) is 0.430. The lowest BCUT2D eigenvalue weighted by Crippen LogP contribution is -2.07. The Bertz CT molecular complexity index is 650. The SMILES string of the molecule is O=C(c1ccc(C(F)(F)F)cc1)c1ccc(Cl)cc1S. The number of hydrogen-bond acceptors (Lipinski definition) is 2. The average molecular weight is 317 g/mol. The summed E-state index contributed by atoms with van der Waals surface area (Å²) < 4.78 is 37.3. The van der Waals surface area contributed by atoms with E-state index in [9.17, 15) is 18.0 Å². The first-order valence-corrected chi connectivity index (χ1v) is 6.32. The maximum atomic E-state index is 12.4. The fraction of sp³-hybridized carbons (Fsp3) is 0.0714. The van der Waals surface area contributed by atoms with E-state index in [2.05, 4.69) is 12.6 Å². The Morgan fingerprint density at radius 2 is 1.65 bits per heavy atom. The van der Waals surface area contributed by atoms with Crippen molar-refractivity contribution >= 4 is 30.0 Å². The number of rotatable bonds is 2. The Morgan fingerprint density at radius 3 is 2.15 bits per heavy atom. The monoisotopic (exact) mass is 316 g/mol. The molecule has 0 aliphatic heterocycles. The smallest absolute Gasteiger partial charge is 0.289 e. The number of thiol groups is 1. The molecule has 104 valence electrons. The summed E-state index contributed by atoms with van der Waals surface area (Å²) >= 11 is 9.89. The summed E-state index contributed by atoms with van der Waals surface area (Å²) in [5.74, 6) is -0.402. The normalized spacial score (nSPS) is 11.4. The van der Waals surface area contributed by atoms with Crippen molar-refractivity contribution in [2.45, 2.75) is 11.1 Å². The van der Waals surface area contributed by atoms with Gasteiger partial charge in [0.05, 0.1) is 5.56 Å². The fourth-order valence-corrected chi connectivity index (χ4v) is 2.23. The Kier molecular flexibility index (Phi) is 4.11. The number of carbonyl (C=O) groups is 1. The van der Waals surface area contributed by atoms with Gasteiger partial charge in [-0.05, 0) is 30.3 Å². The van der Waals surface area contributed by atoms with Gasteiger partial charge in [-0.15, -0.1) is 12.6 Å². The molecule has 2 aromatic rings. The molecule has 0 heterocycles. The molecule has 20 heavy (non-hydrogen) atoms. The molecule has 2 aromatic carbocycles. The van der Waals surface area contributed by atoms with E-state index in [1.807, 2.05) is 0 Å². The Balaban J connectivity index is 2.34. The van der Waals surface area contributed by atoms with Crippen molar-refractivity contribution in [1.29, 1.82) is 0 Å². The molecule has 0 spiro atoms. The Labute approximate surface area is 123 Å². The van der Waals surface area contributed by atoms with E-state index in [0.29, 0.717) is 9.92 Å². The molecule has 0 amide bonds. The summed E-state index contributed by atoms with van der Waals surface area (Å²) in [7, 11) is 0. The molecule has 0 N–H and O–H groups in total. The molecule has 0 unspecified atom stereocenters. The van der Waals surface area contributed by atoms with E-state index >= 15 is 0 Å². The van der Waals surface area contributed by atoms with Crippen molar-refractivity contribution in [1.82, 2.24) is 0 Å². The highest BCUT2D eigenvalue weighted by molar-refractivity contribution is 7.80. The predicted octanol–water partition coefficient (Wildman–Crippen LogP) is 4.88. The maximum Gasteiger partial charge on any atom is 0.416 e. The molecule has 1 nitrogen and oxygen atoms in total. The Hall–Kier alpha value is -1.46. The highest BCUT2D eigenvalue weighted by Gasteiger charge is 2.30. The van der Waals surface area contributed by atoms with Crippen molar-refractivity contribution in [2.75, 3.05) is 0 Å². The van der Waals surface area contributed by atoms with Crippen LogP contribution >= 0.6 is 24.2 Å². The number of benzene rings is 2.